The van der Waals surface area contributed by atoms with E-state index in [9.17, 15) is 0 Å². The first kappa shape index (κ1) is 8.58. The van der Waals surface area contributed by atoms with E-state index in [0.29, 0.717) is 0 Å². The van der Waals surface area contributed by atoms with Gasteiger partial charge in [0.2, 0.25) is 0 Å². The number of allylic oxidation sites excluding steroid dienone is 3. The molecule has 0 spiro atoms. The molecule has 0 aromatic rings. The Balaban J connectivity index is 2.22. The predicted molar refractivity (Wildman–Crippen MR) is 50.5 cm³/mol. The summed E-state index contributed by atoms with van der Waals surface area (Å²) in [4.78, 5) is 0. The normalized spacial score (nSPS) is 23.4. The van der Waals surface area contributed by atoms with Gasteiger partial charge in [-0.3, -0.25) is 0 Å². The minimum absolute atomic E-state index is 0.752. The van der Waals surface area contributed by atoms with Crippen LogP contribution in [0.4, 0.5) is 0 Å². The minimum atomic E-state index is 0.752. The van der Waals surface area contributed by atoms with Crippen LogP contribution in [-0.2, 0) is 0 Å². The van der Waals surface area contributed by atoms with Crippen molar-refractivity contribution in [1.29, 1.82) is 0 Å². The quantitative estimate of drug-likeness (QED) is 0.536. The van der Waals surface area contributed by atoms with Crippen molar-refractivity contribution in [3.63, 3.8) is 0 Å². The first-order chi connectivity index (χ1) is 5.36. The lowest BCUT2D eigenvalue weighted by molar-refractivity contribution is 0.677. The molecular weight excluding hydrogens is 132 g/mol. The van der Waals surface area contributed by atoms with Crippen LogP contribution in [0.2, 0.25) is 0 Å². The Morgan fingerprint density at radius 3 is 3.09 bits per heavy atom. The zero-order valence-electron chi connectivity index (χ0n) is 7.47. The first-order valence-corrected chi connectivity index (χ1v) is 4.67. The molecule has 0 fully saturated rings. The highest BCUT2D eigenvalue weighted by molar-refractivity contribution is 5.12. The molecule has 0 aromatic heterocycles. The summed E-state index contributed by atoms with van der Waals surface area (Å²) in [5.41, 5.74) is 1.66. The average Bonchev–Trinajstić information content (AvgIpc) is 2.48. The van der Waals surface area contributed by atoms with Gasteiger partial charge in [0, 0.05) is 0 Å². The van der Waals surface area contributed by atoms with Crippen LogP contribution in [0.5, 0.6) is 0 Å². The lowest BCUT2D eigenvalue weighted by atomic mass is 10.0. The molecule has 0 bridgehead atoms. The fraction of sp³-hybridized carbons (Fsp3) is 0.636. The molecule has 1 rings (SSSR count). The molecule has 0 aromatic carbocycles. The molecule has 0 saturated heterocycles. The van der Waals surface area contributed by atoms with Gasteiger partial charge in [0.05, 0.1) is 0 Å². The molecule has 0 nitrogen and oxygen atoms in total. The van der Waals surface area contributed by atoms with Crippen molar-refractivity contribution in [2.75, 3.05) is 0 Å². The Morgan fingerprint density at radius 1 is 1.73 bits per heavy atom. The molecule has 0 radical (unpaired) electrons. The molecule has 1 aliphatic rings. The zero-order chi connectivity index (χ0) is 8.10. The summed E-state index contributed by atoms with van der Waals surface area (Å²) < 4.78 is 0. The van der Waals surface area contributed by atoms with Crippen molar-refractivity contribution in [2.24, 2.45) is 5.92 Å². The first-order valence-electron chi connectivity index (χ1n) is 4.67. The average molecular weight is 150 g/mol. The van der Waals surface area contributed by atoms with E-state index < -0.39 is 0 Å². The molecule has 11 heavy (non-hydrogen) atoms. The molecule has 0 N–H and O–H groups in total. The monoisotopic (exact) mass is 150 g/mol. The van der Waals surface area contributed by atoms with Crippen molar-refractivity contribution in [3.05, 3.63) is 24.3 Å². The minimum Gasteiger partial charge on any atom is -0.103 e. The molecule has 0 saturated carbocycles. The summed E-state index contributed by atoms with van der Waals surface area (Å²) in [6.07, 6.45) is 11.0. The highest BCUT2D eigenvalue weighted by Crippen LogP contribution is 2.28. The summed E-state index contributed by atoms with van der Waals surface area (Å²) in [6.45, 7) is 6.07. The summed E-state index contributed by atoms with van der Waals surface area (Å²) in [6, 6.07) is 0. The van der Waals surface area contributed by atoms with Crippen molar-refractivity contribution < 1.29 is 0 Å². The third-order valence-electron chi connectivity index (χ3n) is 2.42. The maximum absolute atomic E-state index is 3.82. The Hall–Kier alpha value is -0.520. The van der Waals surface area contributed by atoms with E-state index in [2.05, 4.69) is 25.7 Å². The van der Waals surface area contributed by atoms with Gasteiger partial charge in [-0.05, 0) is 31.6 Å². The molecule has 0 heteroatoms. The van der Waals surface area contributed by atoms with Crippen molar-refractivity contribution in [3.8, 4) is 0 Å². The standard InChI is InChI=1S/C11H18/c1-3-5-6-11-8-7-10(4-2)9-11/h4,8,10H,2-3,5-7,9H2,1H3. The Morgan fingerprint density at radius 2 is 2.55 bits per heavy atom. The van der Waals surface area contributed by atoms with Gasteiger partial charge in [0.25, 0.3) is 0 Å². The fourth-order valence-electron chi connectivity index (χ4n) is 1.61. The second kappa shape index (κ2) is 4.38. The van der Waals surface area contributed by atoms with Gasteiger partial charge in [0.1, 0.15) is 0 Å². The van der Waals surface area contributed by atoms with Gasteiger partial charge < -0.3 is 0 Å². The van der Waals surface area contributed by atoms with Crippen LogP contribution in [0.3, 0.4) is 0 Å². The van der Waals surface area contributed by atoms with Gasteiger partial charge in [0.15, 0.2) is 0 Å². The Labute approximate surface area is 70.0 Å². The van der Waals surface area contributed by atoms with Gasteiger partial charge in [-0.2, -0.15) is 0 Å². The molecule has 0 heterocycles. The topological polar surface area (TPSA) is 0 Å². The van der Waals surface area contributed by atoms with Gasteiger partial charge in [-0.1, -0.05) is 31.1 Å². The van der Waals surface area contributed by atoms with E-state index in [-0.39, 0.29) is 0 Å². The number of hydrogen-bond acceptors (Lipinski definition) is 0. The number of rotatable bonds is 4. The summed E-state index contributed by atoms with van der Waals surface area (Å²) >= 11 is 0. The molecule has 1 atom stereocenters. The van der Waals surface area contributed by atoms with E-state index in [1.54, 1.807) is 5.57 Å². The van der Waals surface area contributed by atoms with E-state index in [0.717, 1.165) is 5.92 Å². The second-order valence-electron chi connectivity index (χ2n) is 3.40. The summed E-state index contributed by atoms with van der Waals surface area (Å²) in [5, 5.41) is 0. The van der Waals surface area contributed by atoms with Crippen molar-refractivity contribution >= 4 is 0 Å². The van der Waals surface area contributed by atoms with Crippen LogP contribution >= 0.6 is 0 Å². The van der Waals surface area contributed by atoms with Crippen molar-refractivity contribution in [1.82, 2.24) is 0 Å². The van der Waals surface area contributed by atoms with E-state index >= 15 is 0 Å². The van der Waals surface area contributed by atoms with Crippen LogP contribution in [-0.4, -0.2) is 0 Å². The third-order valence-corrected chi connectivity index (χ3v) is 2.42. The maximum Gasteiger partial charge on any atom is -0.0164 e. The van der Waals surface area contributed by atoms with Crippen LogP contribution in [0, 0.1) is 5.92 Å². The third kappa shape index (κ3) is 2.53. The van der Waals surface area contributed by atoms with Crippen molar-refractivity contribution in [2.45, 2.75) is 39.0 Å². The second-order valence-corrected chi connectivity index (χ2v) is 3.40. The number of unbranched alkanes of at least 4 members (excludes halogenated alkanes) is 1. The van der Waals surface area contributed by atoms with Crippen LogP contribution < -0.4 is 0 Å². The smallest absolute Gasteiger partial charge is 0.0164 e. The zero-order valence-corrected chi connectivity index (χ0v) is 7.47. The lowest BCUT2D eigenvalue weighted by Crippen LogP contribution is -1.87. The molecule has 1 aliphatic carbocycles. The molecule has 0 aliphatic heterocycles. The van der Waals surface area contributed by atoms with Gasteiger partial charge in [-0.15, -0.1) is 6.58 Å². The van der Waals surface area contributed by atoms with E-state index in [1.165, 1.54) is 32.1 Å². The molecule has 0 amide bonds. The lowest BCUT2D eigenvalue weighted by Gasteiger charge is -2.02. The molecular formula is C11H18. The summed E-state index contributed by atoms with van der Waals surface area (Å²) in [7, 11) is 0. The molecule has 1 unspecified atom stereocenters. The number of hydrogen-bond donors (Lipinski definition) is 0. The van der Waals surface area contributed by atoms with Crippen LogP contribution in [0.15, 0.2) is 24.3 Å². The van der Waals surface area contributed by atoms with Crippen LogP contribution in [0.25, 0.3) is 0 Å². The predicted octanol–water partition coefficient (Wildman–Crippen LogP) is 3.70. The van der Waals surface area contributed by atoms with E-state index in [4.69, 9.17) is 0 Å². The largest absolute Gasteiger partial charge is 0.103 e. The van der Waals surface area contributed by atoms with E-state index in [1.807, 2.05) is 0 Å². The highest BCUT2D eigenvalue weighted by atomic mass is 14.2. The van der Waals surface area contributed by atoms with Crippen LogP contribution in [0.1, 0.15) is 39.0 Å². The fourth-order valence-corrected chi connectivity index (χ4v) is 1.61. The van der Waals surface area contributed by atoms with Gasteiger partial charge in [-0.25, -0.2) is 0 Å². The van der Waals surface area contributed by atoms with Gasteiger partial charge >= 0.3 is 0 Å². The Bertz CT molecular complexity index is 153. The Kier molecular flexibility index (Phi) is 3.41. The summed E-state index contributed by atoms with van der Waals surface area (Å²) in [5.74, 6) is 0.752. The SMILES string of the molecule is C=CC1CC=C(CCCC)C1. The maximum atomic E-state index is 3.82. The highest BCUT2D eigenvalue weighted by Gasteiger charge is 2.12. The molecule has 62 valence electrons.